The molecule has 0 N–H and O–H groups in total. The number of ether oxygens (including phenoxy) is 1. The highest BCUT2D eigenvalue weighted by Crippen LogP contribution is 2.43. The Labute approximate surface area is 143 Å². The average Bonchev–Trinajstić information content (AvgIpc) is 2.91. The molecule has 1 aliphatic carbocycles. The van der Waals surface area contributed by atoms with Gasteiger partial charge in [-0.05, 0) is 54.5 Å². The molecule has 2 aromatic carbocycles. The van der Waals surface area contributed by atoms with E-state index in [1.807, 2.05) is 6.92 Å². The first kappa shape index (κ1) is 15.1. The number of halogens is 2. The third kappa shape index (κ3) is 3.19. The highest BCUT2D eigenvalue weighted by molar-refractivity contribution is 9.11. The predicted molar refractivity (Wildman–Crippen MR) is 94.3 cm³/mol. The Bertz CT molecular complexity index is 614. The van der Waals surface area contributed by atoms with Crippen molar-refractivity contribution in [2.24, 2.45) is 5.92 Å². The van der Waals surface area contributed by atoms with E-state index in [1.54, 1.807) is 0 Å². The molecule has 0 spiro atoms. The molecule has 3 rings (SSSR count). The van der Waals surface area contributed by atoms with Gasteiger partial charge in [-0.1, -0.05) is 62.2 Å². The molecule has 0 fully saturated rings. The molecule has 0 bridgehead atoms. The molecular formula is C18H18Br2O. The van der Waals surface area contributed by atoms with Crippen LogP contribution < -0.4 is 4.74 Å². The van der Waals surface area contributed by atoms with Crippen LogP contribution in [0.2, 0.25) is 0 Å². The fourth-order valence-corrected chi connectivity index (χ4v) is 4.73. The van der Waals surface area contributed by atoms with Gasteiger partial charge >= 0.3 is 0 Å². The van der Waals surface area contributed by atoms with Gasteiger partial charge in [0.25, 0.3) is 0 Å². The average molecular weight is 410 g/mol. The summed E-state index contributed by atoms with van der Waals surface area (Å²) in [6.45, 7) is 2.70. The summed E-state index contributed by atoms with van der Waals surface area (Å²) in [5.41, 5.74) is 4.29. The van der Waals surface area contributed by atoms with E-state index in [-0.39, 0.29) is 0 Å². The molecule has 0 heterocycles. The summed E-state index contributed by atoms with van der Waals surface area (Å²) in [6, 6.07) is 15.1. The van der Waals surface area contributed by atoms with Crippen molar-refractivity contribution >= 4 is 31.9 Å². The zero-order chi connectivity index (χ0) is 14.8. The van der Waals surface area contributed by atoms with Crippen LogP contribution in [0.4, 0.5) is 0 Å². The van der Waals surface area contributed by atoms with E-state index in [2.05, 4.69) is 74.3 Å². The van der Waals surface area contributed by atoms with Crippen molar-refractivity contribution in [1.29, 1.82) is 0 Å². The molecule has 1 aliphatic rings. The van der Waals surface area contributed by atoms with Crippen LogP contribution in [0.15, 0.2) is 46.9 Å². The summed E-state index contributed by atoms with van der Waals surface area (Å²) in [6.07, 6.45) is 2.29. The number of alkyl halides is 1. The van der Waals surface area contributed by atoms with E-state index in [0.29, 0.717) is 17.4 Å². The first-order chi connectivity index (χ1) is 10.2. The van der Waals surface area contributed by atoms with Crippen molar-refractivity contribution in [3.8, 4) is 5.75 Å². The molecular weight excluding hydrogens is 392 g/mol. The number of hydrogen-bond donors (Lipinski definition) is 0. The van der Waals surface area contributed by atoms with Gasteiger partial charge in [-0.15, -0.1) is 0 Å². The second-order valence-corrected chi connectivity index (χ2v) is 7.30. The van der Waals surface area contributed by atoms with Crippen LogP contribution in [0.1, 0.15) is 28.4 Å². The fraction of sp³-hybridized carbons (Fsp3) is 0.333. The Hall–Kier alpha value is -0.800. The van der Waals surface area contributed by atoms with Gasteiger partial charge in [0.05, 0.1) is 6.61 Å². The summed E-state index contributed by atoms with van der Waals surface area (Å²) in [7, 11) is 0. The Morgan fingerprint density at radius 2 is 1.81 bits per heavy atom. The Kier molecular flexibility index (Phi) is 4.70. The van der Waals surface area contributed by atoms with Crippen LogP contribution in [0.25, 0.3) is 0 Å². The van der Waals surface area contributed by atoms with Crippen LogP contribution in [-0.4, -0.2) is 6.61 Å². The Morgan fingerprint density at radius 1 is 1.14 bits per heavy atom. The van der Waals surface area contributed by atoms with E-state index >= 15 is 0 Å². The normalized spacial score (nSPS) is 15.8. The van der Waals surface area contributed by atoms with Gasteiger partial charge in [-0.3, -0.25) is 0 Å². The highest BCUT2D eigenvalue weighted by Gasteiger charge is 2.28. The third-order valence-corrected chi connectivity index (χ3v) is 6.00. The predicted octanol–water partition coefficient (Wildman–Crippen LogP) is 5.70. The minimum Gasteiger partial charge on any atom is -0.494 e. The van der Waals surface area contributed by atoms with E-state index in [0.717, 1.165) is 23.1 Å². The van der Waals surface area contributed by atoms with Gasteiger partial charge in [-0.25, -0.2) is 0 Å². The van der Waals surface area contributed by atoms with Crippen molar-refractivity contribution in [2.45, 2.75) is 24.6 Å². The third-order valence-electron chi connectivity index (χ3n) is 4.08. The summed E-state index contributed by atoms with van der Waals surface area (Å²) in [4.78, 5) is 0.356. The van der Waals surface area contributed by atoms with Crippen LogP contribution in [0.5, 0.6) is 5.75 Å². The lowest BCUT2D eigenvalue weighted by Crippen LogP contribution is -2.08. The molecule has 0 amide bonds. The molecule has 1 unspecified atom stereocenters. The zero-order valence-corrected chi connectivity index (χ0v) is 15.2. The Balaban J connectivity index is 1.79. The van der Waals surface area contributed by atoms with Crippen LogP contribution in [0, 0.1) is 5.92 Å². The molecule has 1 atom stereocenters. The SMILES string of the molecule is CCOc1ccc(C(Br)C2Cc3ccccc3C2)c(Br)c1. The van der Waals surface area contributed by atoms with E-state index < -0.39 is 0 Å². The topological polar surface area (TPSA) is 9.23 Å². The van der Waals surface area contributed by atoms with Crippen molar-refractivity contribution in [3.63, 3.8) is 0 Å². The molecule has 0 saturated heterocycles. The zero-order valence-electron chi connectivity index (χ0n) is 12.0. The van der Waals surface area contributed by atoms with Gasteiger partial charge in [-0.2, -0.15) is 0 Å². The van der Waals surface area contributed by atoms with Gasteiger partial charge in [0.2, 0.25) is 0 Å². The van der Waals surface area contributed by atoms with Crippen LogP contribution in [0.3, 0.4) is 0 Å². The minimum atomic E-state index is 0.356. The molecule has 3 heteroatoms. The summed E-state index contributed by atoms with van der Waals surface area (Å²) >= 11 is 7.61. The van der Waals surface area contributed by atoms with Gasteiger partial charge in [0.1, 0.15) is 5.75 Å². The lowest BCUT2D eigenvalue weighted by molar-refractivity contribution is 0.340. The lowest BCUT2D eigenvalue weighted by atomic mass is 9.96. The summed E-state index contributed by atoms with van der Waals surface area (Å²) < 4.78 is 6.67. The standard InChI is InChI=1S/C18H18Br2O/c1-2-21-15-7-8-16(17(19)11-15)18(20)14-9-12-5-3-4-6-13(12)10-14/h3-8,11,14,18H,2,9-10H2,1H3. The maximum atomic E-state index is 5.55. The molecule has 0 aliphatic heterocycles. The molecule has 0 radical (unpaired) electrons. The fourth-order valence-electron chi connectivity index (χ4n) is 3.04. The largest absolute Gasteiger partial charge is 0.494 e. The monoisotopic (exact) mass is 408 g/mol. The highest BCUT2D eigenvalue weighted by atomic mass is 79.9. The molecule has 1 nitrogen and oxygen atoms in total. The first-order valence-electron chi connectivity index (χ1n) is 7.32. The summed E-state index contributed by atoms with van der Waals surface area (Å²) in [5, 5.41) is 0. The minimum absolute atomic E-state index is 0.356. The van der Waals surface area contributed by atoms with E-state index in [9.17, 15) is 0 Å². The van der Waals surface area contributed by atoms with Crippen LogP contribution >= 0.6 is 31.9 Å². The van der Waals surface area contributed by atoms with Crippen LogP contribution in [-0.2, 0) is 12.8 Å². The Morgan fingerprint density at radius 3 is 2.38 bits per heavy atom. The molecule has 0 saturated carbocycles. The van der Waals surface area contributed by atoms with Gasteiger partial charge < -0.3 is 4.74 Å². The quantitative estimate of drug-likeness (QED) is 0.588. The number of benzene rings is 2. The van der Waals surface area contributed by atoms with E-state index in [1.165, 1.54) is 16.7 Å². The van der Waals surface area contributed by atoms with Crippen molar-refractivity contribution in [1.82, 2.24) is 0 Å². The smallest absolute Gasteiger partial charge is 0.120 e. The number of fused-ring (bicyclic) bond motifs is 1. The molecule has 2 aromatic rings. The van der Waals surface area contributed by atoms with Gasteiger partial charge in [0.15, 0.2) is 0 Å². The lowest BCUT2D eigenvalue weighted by Gasteiger charge is -2.19. The first-order valence-corrected chi connectivity index (χ1v) is 9.03. The second kappa shape index (κ2) is 6.53. The van der Waals surface area contributed by atoms with Crippen molar-refractivity contribution in [2.75, 3.05) is 6.61 Å². The summed E-state index contributed by atoms with van der Waals surface area (Å²) in [5.74, 6) is 1.53. The van der Waals surface area contributed by atoms with Crippen molar-refractivity contribution in [3.05, 3.63) is 63.6 Å². The maximum absolute atomic E-state index is 5.55. The molecule has 21 heavy (non-hydrogen) atoms. The molecule has 0 aromatic heterocycles. The second-order valence-electron chi connectivity index (χ2n) is 5.46. The number of rotatable bonds is 4. The number of hydrogen-bond acceptors (Lipinski definition) is 1. The molecule has 110 valence electrons. The van der Waals surface area contributed by atoms with E-state index in [4.69, 9.17) is 4.74 Å². The van der Waals surface area contributed by atoms with Gasteiger partial charge in [0, 0.05) is 9.30 Å². The maximum Gasteiger partial charge on any atom is 0.120 e. The van der Waals surface area contributed by atoms with Crippen molar-refractivity contribution < 1.29 is 4.74 Å².